The molecule has 1 amide bonds. The number of para-hydroxylation sites is 1. The fourth-order valence-electron chi connectivity index (χ4n) is 4.23. The molecule has 0 atom stereocenters. The second-order valence-electron chi connectivity index (χ2n) is 8.25. The van der Waals surface area contributed by atoms with Crippen molar-refractivity contribution in [3.8, 4) is 5.69 Å². The molecule has 176 valence electrons. The van der Waals surface area contributed by atoms with Crippen molar-refractivity contribution in [2.75, 3.05) is 5.75 Å². The highest BCUT2D eigenvalue weighted by Gasteiger charge is 2.21. The third kappa shape index (κ3) is 4.89. The number of carbonyl (C=O) groups is 1. The Bertz CT molecular complexity index is 1400. The van der Waals surface area contributed by atoms with Crippen LogP contribution in [0.3, 0.4) is 0 Å². The molecule has 5 rings (SSSR count). The van der Waals surface area contributed by atoms with Crippen LogP contribution in [0.15, 0.2) is 63.1 Å². The Morgan fingerprint density at radius 3 is 2.71 bits per heavy atom. The first kappa shape index (κ1) is 23.1. The van der Waals surface area contributed by atoms with Crippen molar-refractivity contribution in [3.63, 3.8) is 0 Å². The van der Waals surface area contributed by atoms with Gasteiger partial charge >= 0.3 is 0 Å². The van der Waals surface area contributed by atoms with E-state index in [1.54, 1.807) is 16.9 Å². The summed E-state index contributed by atoms with van der Waals surface area (Å²) in [5.74, 6) is 0.784. The molecule has 1 N–H and O–H groups in total. The Kier molecular flexibility index (Phi) is 6.98. The second-order valence-corrected chi connectivity index (χ2v) is 10.8. The molecule has 7 nitrogen and oxygen atoms in total. The molecule has 0 spiro atoms. The maximum Gasteiger partial charge on any atom is 0.274 e. The average molecular weight is 513 g/mol. The number of nitrogens with zero attached hydrogens (tertiary/aromatic N) is 3. The molecule has 0 saturated heterocycles. The fraction of sp³-hybridized carbons (Fsp3) is 0.333. The molecule has 0 bridgehead atoms. The van der Waals surface area contributed by atoms with Crippen LogP contribution in [-0.2, 0) is 11.3 Å². The van der Waals surface area contributed by atoms with Crippen LogP contribution < -0.4 is 10.9 Å². The number of furan rings is 1. The number of hydrogen-bond acceptors (Lipinski definition) is 7. The van der Waals surface area contributed by atoms with Crippen LogP contribution in [0.2, 0.25) is 0 Å². The number of benzene rings is 1. The SMILES string of the molecule is O=C(CSc1nc2c(sc(=S)n2-c2ccccc2)c(=O)n1Cc1ccco1)NC1CCCCC1. The predicted molar refractivity (Wildman–Crippen MR) is 138 cm³/mol. The molecule has 0 unspecified atom stereocenters. The summed E-state index contributed by atoms with van der Waals surface area (Å²) >= 11 is 8.11. The number of hydrogen-bond donors (Lipinski definition) is 1. The quantitative estimate of drug-likeness (QED) is 0.209. The summed E-state index contributed by atoms with van der Waals surface area (Å²) in [7, 11) is 0. The van der Waals surface area contributed by atoms with Crippen molar-refractivity contribution in [1.82, 2.24) is 19.4 Å². The summed E-state index contributed by atoms with van der Waals surface area (Å²) in [5, 5.41) is 3.60. The fourth-order valence-corrected chi connectivity index (χ4v) is 6.35. The standard InChI is InChI=1S/C24H24N4O3S3/c29-19(25-16-8-3-1-4-9-16)15-33-23-26-21-20(22(30)27(23)14-18-12-7-13-31-18)34-24(32)28(21)17-10-5-2-6-11-17/h2,5-7,10-13,16H,1,3-4,8-9,14-15H2,(H,25,29). The lowest BCUT2D eigenvalue weighted by Gasteiger charge is -2.22. The van der Waals surface area contributed by atoms with Gasteiger partial charge in [-0.3, -0.25) is 18.7 Å². The van der Waals surface area contributed by atoms with E-state index in [-0.39, 0.29) is 29.8 Å². The first-order valence-electron chi connectivity index (χ1n) is 11.3. The van der Waals surface area contributed by atoms with Crippen LogP contribution in [0.4, 0.5) is 0 Å². The summed E-state index contributed by atoms with van der Waals surface area (Å²) in [6.45, 7) is 0.233. The van der Waals surface area contributed by atoms with E-state index in [2.05, 4.69) is 5.32 Å². The number of nitrogens with one attached hydrogen (secondary N) is 1. The zero-order valence-electron chi connectivity index (χ0n) is 18.4. The monoisotopic (exact) mass is 512 g/mol. The molecule has 1 aromatic carbocycles. The molecule has 3 heterocycles. The Labute approximate surface area is 209 Å². The highest BCUT2D eigenvalue weighted by molar-refractivity contribution is 7.99. The van der Waals surface area contributed by atoms with Crippen molar-refractivity contribution in [2.45, 2.75) is 49.8 Å². The smallest absolute Gasteiger partial charge is 0.274 e. The van der Waals surface area contributed by atoms with E-state index in [0.29, 0.717) is 25.2 Å². The molecule has 1 aliphatic rings. The van der Waals surface area contributed by atoms with Crippen LogP contribution in [0.25, 0.3) is 16.0 Å². The van der Waals surface area contributed by atoms with E-state index in [9.17, 15) is 9.59 Å². The lowest BCUT2D eigenvalue weighted by Crippen LogP contribution is -2.37. The summed E-state index contributed by atoms with van der Waals surface area (Å²) in [6, 6.07) is 13.5. The largest absolute Gasteiger partial charge is 0.467 e. The van der Waals surface area contributed by atoms with Gasteiger partial charge in [-0.1, -0.05) is 60.6 Å². The molecule has 10 heteroatoms. The van der Waals surface area contributed by atoms with Crippen LogP contribution >= 0.6 is 35.3 Å². The third-order valence-corrected chi connectivity index (χ3v) is 8.20. The van der Waals surface area contributed by atoms with Gasteiger partial charge in [-0.15, -0.1) is 0 Å². The van der Waals surface area contributed by atoms with E-state index in [0.717, 1.165) is 31.4 Å². The van der Waals surface area contributed by atoms with E-state index >= 15 is 0 Å². The van der Waals surface area contributed by atoms with Gasteiger partial charge in [-0.2, -0.15) is 0 Å². The highest BCUT2D eigenvalue weighted by Crippen LogP contribution is 2.26. The third-order valence-electron chi connectivity index (χ3n) is 5.87. The van der Waals surface area contributed by atoms with Gasteiger partial charge < -0.3 is 9.73 Å². The van der Waals surface area contributed by atoms with Crippen LogP contribution in [0.1, 0.15) is 37.9 Å². The zero-order valence-corrected chi connectivity index (χ0v) is 20.9. The Balaban J connectivity index is 1.51. The van der Waals surface area contributed by atoms with Crippen LogP contribution in [-0.4, -0.2) is 31.8 Å². The second kappa shape index (κ2) is 10.3. The minimum atomic E-state index is -0.192. The lowest BCUT2D eigenvalue weighted by atomic mass is 9.95. The van der Waals surface area contributed by atoms with Crippen molar-refractivity contribution < 1.29 is 9.21 Å². The summed E-state index contributed by atoms with van der Waals surface area (Å²) in [5.41, 5.74) is 1.17. The number of thiazole rings is 1. The first-order valence-corrected chi connectivity index (χ1v) is 13.5. The van der Waals surface area contributed by atoms with Crippen molar-refractivity contribution >= 4 is 51.6 Å². The minimum absolute atomic E-state index is 0.0407. The molecule has 34 heavy (non-hydrogen) atoms. The van der Waals surface area contributed by atoms with Gasteiger partial charge in [0.2, 0.25) is 5.91 Å². The van der Waals surface area contributed by atoms with E-state index in [1.807, 2.05) is 41.0 Å². The van der Waals surface area contributed by atoms with Crippen molar-refractivity contribution in [1.29, 1.82) is 0 Å². The number of thioether (sulfide) groups is 1. The molecule has 0 radical (unpaired) electrons. The zero-order chi connectivity index (χ0) is 23.5. The Morgan fingerprint density at radius 1 is 1.18 bits per heavy atom. The van der Waals surface area contributed by atoms with Crippen molar-refractivity contribution in [3.05, 3.63) is 68.8 Å². The van der Waals surface area contributed by atoms with E-state index in [4.69, 9.17) is 21.6 Å². The number of aromatic nitrogens is 3. The van der Waals surface area contributed by atoms with E-state index < -0.39 is 0 Å². The van der Waals surface area contributed by atoms with Gasteiger partial charge in [0.15, 0.2) is 14.8 Å². The lowest BCUT2D eigenvalue weighted by molar-refractivity contribution is -0.119. The number of carbonyl (C=O) groups excluding carboxylic acids is 1. The molecular weight excluding hydrogens is 488 g/mol. The first-order chi connectivity index (χ1) is 16.6. The number of amides is 1. The maximum atomic E-state index is 13.6. The molecule has 3 aromatic heterocycles. The normalized spacial score (nSPS) is 14.5. The van der Waals surface area contributed by atoms with Gasteiger partial charge in [-0.05, 0) is 49.3 Å². The van der Waals surface area contributed by atoms with Crippen molar-refractivity contribution in [2.24, 2.45) is 0 Å². The molecule has 1 fully saturated rings. The van der Waals surface area contributed by atoms with Gasteiger partial charge in [0.05, 0.1) is 18.6 Å². The molecule has 1 aliphatic carbocycles. The van der Waals surface area contributed by atoms with Gasteiger partial charge in [0.1, 0.15) is 10.5 Å². The topological polar surface area (TPSA) is 82.1 Å². The summed E-state index contributed by atoms with van der Waals surface area (Å²) < 4.78 is 9.91. The molecule has 1 saturated carbocycles. The van der Waals surface area contributed by atoms with Crippen LogP contribution in [0, 0.1) is 3.95 Å². The molecule has 0 aliphatic heterocycles. The van der Waals surface area contributed by atoms with Gasteiger partial charge in [0.25, 0.3) is 5.56 Å². The van der Waals surface area contributed by atoms with E-state index in [1.165, 1.54) is 29.5 Å². The summed E-state index contributed by atoms with van der Waals surface area (Å²) in [4.78, 5) is 31.1. The Morgan fingerprint density at radius 2 is 1.97 bits per heavy atom. The van der Waals surface area contributed by atoms with Gasteiger partial charge in [0, 0.05) is 11.7 Å². The molecule has 4 aromatic rings. The predicted octanol–water partition coefficient (Wildman–Crippen LogP) is 5.16. The Hall–Kier alpha value is -2.69. The average Bonchev–Trinajstić information content (AvgIpc) is 3.48. The molecular formula is C24H24N4O3S3. The van der Waals surface area contributed by atoms with Gasteiger partial charge in [-0.25, -0.2) is 4.98 Å². The van der Waals surface area contributed by atoms with Crippen LogP contribution in [0.5, 0.6) is 0 Å². The number of fused-ring (bicyclic) bond motifs is 1. The number of rotatable bonds is 7. The maximum absolute atomic E-state index is 13.6. The minimum Gasteiger partial charge on any atom is -0.467 e. The highest BCUT2D eigenvalue weighted by atomic mass is 32.2. The summed E-state index contributed by atoms with van der Waals surface area (Å²) in [6.07, 6.45) is 7.17.